The average Bonchev–Trinajstić information content (AvgIpc) is 2.39. The van der Waals surface area contributed by atoms with E-state index in [1.807, 2.05) is 0 Å². The van der Waals surface area contributed by atoms with Crippen molar-refractivity contribution in [3.63, 3.8) is 0 Å². The first-order chi connectivity index (χ1) is 8.34. The molecule has 0 unspecified atom stereocenters. The van der Waals surface area contributed by atoms with Gasteiger partial charge in [-0.2, -0.15) is 0 Å². The standard InChI is InChI=1S/C14H26N2O/c17-14(16-13-7-4-10-15-11-13)9-8-12-5-2-1-3-6-12/h12-13,15H,1-11H2,(H,16,17)/t13-/m0/s1. The van der Waals surface area contributed by atoms with Gasteiger partial charge in [0.1, 0.15) is 0 Å². The van der Waals surface area contributed by atoms with E-state index in [9.17, 15) is 4.79 Å². The van der Waals surface area contributed by atoms with E-state index < -0.39 is 0 Å². The number of carbonyl (C=O) groups is 1. The largest absolute Gasteiger partial charge is 0.352 e. The lowest BCUT2D eigenvalue weighted by Crippen LogP contribution is -2.45. The number of hydrogen-bond donors (Lipinski definition) is 2. The van der Waals surface area contributed by atoms with Crippen LogP contribution in [-0.4, -0.2) is 25.0 Å². The highest BCUT2D eigenvalue weighted by molar-refractivity contribution is 5.76. The minimum Gasteiger partial charge on any atom is -0.352 e. The number of hydrogen-bond acceptors (Lipinski definition) is 2. The lowest BCUT2D eigenvalue weighted by atomic mass is 9.86. The van der Waals surface area contributed by atoms with Crippen LogP contribution in [0.4, 0.5) is 0 Å². The zero-order chi connectivity index (χ0) is 11.9. The van der Waals surface area contributed by atoms with Gasteiger partial charge in [-0.3, -0.25) is 4.79 Å². The molecule has 1 atom stereocenters. The van der Waals surface area contributed by atoms with Crippen molar-refractivity contribution in [1.29, 1.82) is 0 Å². The monoisotopic (exact) mass is 238 g/mol. The molecule has 0 aromatic carbocycles. The first-order valence-electron chi connectivity index (χ1n) is 7.34. The minimum atomic E-state index is 0.268. The van der Waals surface area contributed by atoms with Gasteiger partial charge < -0.3 is 10.6 Å². The molecular formula is C14H26N2O. The molecule has 3 heteroatoms. The van der Waals surface area contributed by atoms with Crippen LogP contribution in [0.25, 0.3) is 0 Å². The maximum Gasteiger partial charge on any atom is 0.220 e. The fourth-order valence-corrected chi connectivity index (χ4v) is 3.09. The molecule has 0 aromatic heterocycles. The number of amides is 1. The molecular weight excluding hydrogens is 212 g/mol. The summed E-state index contributed by atoms with van der Waals surface area (Å²) in [5.74, 6) is 1.09. The molecule has 1 amide bonds. The molecule has 1 aliphatic heterocycles. The summed E-state index contributed by atoms with van der Waals surface area (Å²) in [6.07, 6.45) is 11.0. The number of carbonyl (C=O) groups excluding carboxylic acids is 1. The van der Waals surface area contributed by atoms with Crippen molar-refractivity contribution in [3.8, 4) is 0 Å². The third kappa shape index (κ3) is 4.66. The molecule has 98 valence electrons. The van der Waals surface area contributed by atoms with E-state index in [2.05, 4.69) is 10.6 Å². The number of nitrogens with one attached hydrogen (secondary N) is 2. The van der Waals surface area contributed by atoms with Gasteiger partial charge >= 0.3 is 0 Å². The highest BCUT2D eigenvalue weighted by Crippen LogP contribution is 2.27. The highest BCUT2D eigenvalue weighted by atomic mass is 16.1. The van der Waals surface area contributed by atoms with Gasteiger partial charge in [0.2, 0.25) is 5.91 Å². The quantitative estimate of drug-likeness (QED) is 0.788. The molecule has 2 rings (SSSR count). The van der Waals surface area contributed by atoms with Gasteiger partial charge in [0.15, 0.2) is 0 Å². The predicted octanol–water partition coefficient (Wildman–Crippen LogP) is 2.22. The van der Waals surface area contributed by atoms with E-state index in [1.54, 1.807) is 0 Å². The van der Waals surface area contributed by atoms with Crippen molar-refractivity contribution in [1.82, 2.24) is 10.6 Å². The van der Waals surface area contributed by atoms with Crippen molar-refractivity contribution in [3.05, 3.63) is 0 Å². The summed E-state index contributed by atoms with van der Waals surface area (Å²) in [6.45, 7) is 2.06. The van der Waals surface area contributed by atoms with Crippen molar-refractivity contribution in [2.45, 2.75) is 63.8 Å². The van der Waals surface area contributed by atoms with E-state index in [1.165, 1.54) is 38.5 Å². The summed E-state index contributed by atoms with van der Waals surface area (Å²) in [4.78, 5) is 11.8. The Morgan fingerprint density at radius 2 is 1.94 bits per heavy atom. The Labute approximate surface area is 105 Å². The van der Waals surface area contributed by atoms with Crippen LogP contribution in [0, 0.1) is 5.92 Å². The lowest BCUT2D eigenvalue weighted by molar-refractivity contribution is -0.122. The van der Waals surface area contributed by atoms with Crippen LogP contribution < -0.4 is 10.6 Å². The molecule has 0 spiro atoms. The molecule has 17 heavy (non-hydrogen) atoms. The molecule has 0 aromatic rings. The Kier molecular flexibility index (Phi) is 5.30. The second kappa shape index (κ2) is 7.00. The normalized spacial score (nSPS) is 26.7. The summed E-state index contributed by atoms with van der Waals surface area (Å²) in [5, 5.41) is 6.49. The zero-order valence-corrected chi connectivity index (χ0v) is 10.8. The maximum absolute atomic E-state index is 11.8. The molecule has 3 nitrogen and oxygen atoms in total. The van der Waals surface area contributed by atoms with E-state index in [0.717, 1.165) is 38.3 Å². The second-order valence-electron chi connectivity index (χ2n) is 5.65. The fraction of sp³-hybridized carbons (Fsp3) is 0.929. The van der Waals surface area contributed by atoms with Crippen LogP contribution in [0.3, 0.4) is 0 Å². The second-order valence-corrected chi connectivity index (χ2v) is 5.65. The maximum atomic E-state index is 11.8. The third-order valence-corrected chi connectivity index (χ3v) is 4.17. The van der Waals surface area contributed by atoms with Gasteiger partial charge in [0, 0.05) is 19.0 Å². The van der Waals surface area contributed by atoms with Gasteiger partial charge in [0.05, 0.1) is 0 Å². The Morgan fingerprint density at radius 3 is 2.65 bits per heavy atom. The number of rotatable bonds is 4. The summed E-state index contributed by atoms with van der Waals surface area (Å²) in [6, 6.07) is 0.377. The molecule has 2 N–H and O–H groups in total. The van der Waals surface area contributed by atoms with E-state index >= 15 is 0 Å². The fourth-order valence-electron chi connectivity index (χ4n) is 3.09. The van der Waals surface area contributed by atoms with Crippen LogP contribution in [-0.2, 0) is 4.79 Å². The Bertz CT molecular complexity index is 230. The summed E-state index contributed by atoms with van der Waals surface area (Å²) < 4.78 is 0. The summed E-state index contributed by atoms with van der Waals surface area (Å²) in [7, 11) is 0. The molecule has 1 saturated carbocycles. The molecule has 2 aliphatic rings. The van der Waals surface area contributed by atoms with E-state index in [0.29, 0.717) is 6.04 Å². The topological polar surface area (TPSA) is 41.1 Å². The van der Waals surface area contributed by atoms with E-state index in [4.69, 9.17) is 0 Å². The molecule has 1 aliphatic carbocycles. The average molecular weight is 238 g/mol. The van der Waals surface area contributed by atoms with Crippen LogP contribution in [0.15, 0.2) is 0 Å². The molecule has 0 bridgehead atoms. The molecule has 0 radical (unpaired) electrons. The van der Waals surface area contributed by atoms with Gasteiger partial charge in [-0.15, -0.1) is 0 Å². The summed E-state index contributed by atoms with van der Waals surface area (Å²) in [5.41, 5.74) is 0. The van der Waals surface area contributed by atoms with Crippen molar-refractivity contribution in [2.24, 2.45) is 5.92 Å². The van der Waals surface area contributed by atoms with Crippen molar-refractivity contribution >= 4 is 5.91 Å². The van der Waals surface area contributed by atoms with Gasteiger partial charge in [-0.1, -0.05) is 32.1 Å². The third-order valence-electron chi connectivity index (χ3n) is 4.17. The van der Waals surface area contributed by atoms with Crippen LogP contribution >= 0.6 is 0 Å². The van der Waals surface area contributed by atoms with Gasteiger partial charge in [0.25, 0.3) is 0 Å². The van der Waals surface area contributed by atoms with E-state index in [-0.39, 0.29) is 5.91 Å². The summed E-state index contributed by atoms with van der Waals surface area (Å²) >= 11 is 0. The number of piperidine rings is 1. The van der Waals surface area contributed by atoms with Crippen molar-refractivity contribution in [2.75, 3.05) is 13.1 Å². The first-order valence-corrected chi connectivity index (χ1v) is 7.34. The molecule has 1 saturated heterocycles. The predicted molar refractivity (Wildman–Crippen MR) is 69.8 cm³/mol. The SMILES string of the molecule is O=C(CCC1CCCCC1)N[C@H]1CCCNC1. The first kappa shape index (κ1) is 12.9. The van der Waals surface area contributed by atoms with Gasteiger partial charge in [-0.05, 0) is 31.7 Å². The van der Waals surface area contributed by atoms with Crippen LogP contribution in [0.5, 0.6) is 0 Å². The van der Waals surface area contributed by atoms with Gasteiger partial charge in [-0.25, -0.2) is 0 Å². The zero-order valence-electron chi connectivity index (χ0n) is 10.8. The van der Waals surface area contributed by atoms with Crippen LogP contribution in [0.1, 0.15) is 57.8 Å². The highest BCUT2D eigenvalue weighted by Gasteiger charge is 2.17. The Hall–Kier alpha value is -0.570. The lowest BCUT2D eigenvalue weighted by Gasteiger charge is -2.25. The Morgan fingerprint density at radius 1 is 1.12 bits per heavy atom. The molecule has 2 fully saturated rings. The smallest absolute Gasteiger partial charge is 0.220 e. The molecule has 1 heterocycles. The van der Waals surface area contributed by atoms with Crippen molar-refractivity contribution < 1.29 is 4.79 Å². The Balaban J connectivity index is 1.59. The minimum absolute atomic E-state index is 0.268. The van der Waals surface area contributed by atoms with Crippen LogP contribution in [0.2, 0.25) is 0 Å².